The minimum Gasteiger partial charge on any atom is -0.497 e. The number of anilines is 1. The van der Waals surface area contributed by atoms with Gasteiger partial charge in [-0.3, -0.25) is 0 Å². The van der Waals surface area contributed by atoms with E-state index < -0.39 is 0 Å². The van der Waals surface area contributed by atoms with Crippen LogP contribution in [0.4, 0.5) is 5.82 Å². The molecule has 0 unspecified atom stereocenters. The van der Waals surface area contributed by atoms with Crippen LogP contribution in [0.15, 0.2) is 24.3 Å². The number of nitrogens with zero attached hydrogens (tertiary/aromatic N) is 5. The van der Waals surface area contributed by atoms with Crippen LogP contribution in [0.5, 0.6) is 11.5 Å². The van der Waals surface area contributed by atoms with Gasteiger partial charge < -0.3 is 14.4 Å². The molecule has 4 rings (SSSR count). The zero-order valence-electron chi connectivity index (χ0n) is 16.3. The first-order chi connectivity index (χ1) is 13.0. The first kappa shape index (κ1) is 17.6. The fraction of sp³-hybridized carbons (Fsp3) is 0.450. The number of ether oxygens (including phenoxy) is 2. The monoisotopic (exact) mass is 367 g/mol. The summed E-state index contributed by atoms with van der Waals surface area (Å²) in [7, 11) is 1.67. The van der Waals surface area contributed by atoms with Crippen molar-refractivity contribution in [2.24, 2.45) is 0 Å². The van der Waals surface area contributed by atoms with Crippen LogP contribution in [-0.2, 0) is 0 Å². The van der Waals surface area contributed by atoms with Gasteiger partial charge in [0.25, 0.3) is 0 Å². The number of fused-ring (bicyclic) bond motifs is 1. The number of hydrogen-bond acceptors (Lipinski definition) is 6. The summed E-state index contributed by atoms with van der Waals surface area (Å²) in [6, 6.07) is 7.77. The molecule has 0 spiro atoms. The smallest absolute Gasteiger partial charge is 0.179 e. The molecule has 0 radical (unpaired) electrons. The van der Waals surface area contributed by atoms with Gasteiger partial charge >= 0.3 is 0 Å². The van der Waals surface area contributed by atoms with Crippen LogP contribution in [0.3, 0.4) is 0 Å². The third-order valence-corrected chi connectivity index (χ3v) is 5.22. The Morgan fingerprint density at radius 1 is 0.926 bits per heavy atom. The molecular formula is C20H25N5O2. The first-order valence-electron chi connectivity index (χ1n) is 9.31. The largest absolute Gasteiger partial charge is 0.497 e. The second kappa shape index (κ2) is 7.06. The molecule has 2 aromatic heterocycles. The highest BCUT2D eigenvalue weighted by Crippen LogP contribution is 2.27. The standard InChI is InChI=1S/C20H25N5O2/c1-13-14(2)20(23-25-19(13)21-15(3)22-25)24-11-9-18(10-12-24)27-17-7-5-16(26-4)6-8-17/h5-8,18H,9-12H2,1-4H3. The second-order valence-corrected chi connectivity index (χ2v) is 7.03. The van der Waals surface area contributed by atoms with Crippen molar-refractivity contribution < 1.29 is 9.47 Å². The van der Waals surface area contributed by atoms with Gasteiger partial charge in [-0.15, -0.1) is 14.8 Å². The van der Waals surface area contributed by atoms with Crippen LogP contribution >= 0.6 is 0 Å². The van der Waals surface area contributed by atoms with Gasteiger partial charge in [0.05, 0.1) is 7.11 Å². The van der Waals surface area contributed by atoms with Crippen molar-refractivity contribution in [1.29, 1.82) is 0 Å². The van der Waals surface area contributed by atoms with Crippen molar-refractivity contribution in [2.45, 2.75) is 39.7 Å². The first-order valence-corrected chi connectivity index (χ1v) is 9.31. The van der Waals surface area contributed by atoms with E-state index in [1.165, 1.54) is 5.56 Å². The van der Waals surface area contributed by atoms with Crippen LogP contribution in [0.25, 0.3) is 5.65 Å². The maximum absolute atomic E-state index is 6.14. The summed E-state index contributed by atoms with van der Waals surface area (Å²) in [6.45, 7) is 7.91. The van der Waals surface area contributed by atoms with E-state index in [1.807, 2.05) is 31.2 Å². The molecule has 1 aromatic carbocycles. The van der Waals surface area contributed by atoms with Crippen LogP contribution in [0.1, 0.15) is 29.8 Å². The number of methoxy groups -OCH3 is 1. The van der Waals surface area contributed by atoms with Crippen molar-refractivity contribution in [1.82, 2.24) is 19.8 Å². The summed E-state index contributed by atoms with van der Waals surface area (Å²) in [6.07, 6.45) is 2.13. The second-order valence-electron chi connectivity index (χ2n) is 7.03. The number of hydrogen-bond donors (Lipinski definition) is 0. The highest BCUT2D eigenvalue weighted by atomic mass is 16.5. The molecule has 3 aromatic rings. The number of benzene rings is 1. The summed E-state index contributed by atoms with van der Waals surface area (Å²) in [5.41, 5.74) is 3.15. The van der Waals surface area contributed by atoms with Gasteiger partial charge in [-0.05, 0) is 45.0 Å². The third kappa shape index (κ3) is 3.41. The van der Waals surface area contributed by atoms with Crippen LogP contribution in [-0.4, -0.2) is 46.1 Å². The van der Waals surface area contributed by atoms with E-state index in [0.717, 1.165) is 60.3 Å². The Morgan fingerprint density at radius 3 is 2.26 bits per heavy atom. The van der Waals surface area contributed by atoms with E-state index >= 15 is 0 Å². The lowest BCUT2D eigenvalue weighted by Gasteiger charge is -2.33. The van der Waals surface area contributed by atoms with Crippen LogP contribution in [0.2, 0.25) is 0 Å². The molecule has 0 N–H and O–H groups in total. The number of rotatable bonds is 4. The Hall–Kier alpha value is -2.83. The summed E-state index contributed by atoms with van der Waals surface area (Å²) in [4.78, 5) is 6.80. The van der Waals surface area contributed by atoms with E-state index in [-0.39, 0.29) is 6.10 Å². The molecular weight excluding hydrogens is 342 g/mol. The molecule has 27 heavy (non-hydrogen) atoms. The SMILES string of the molecule is COc1ccc(OC2CCN(c3nn4nc(C)nc4c(C)c3C)CC2)cc1. The molecule has 7 nitrogen and oxygen atoms in total. The Morgan fingerprint density at radius 2 is 1.59 bits per heavy atom. The molecule has 0 atom stereocenters. The number of aryl methyl sites for hydroxylation is 2. The van der Waals surface area contributed by atoms with Crippen molar-refractivity contribution in [3.8, 4) is 11.5 Å². The molecule has 1 fully saturated rings. The predicted octanol–water partition coefficient (Wildman–Crippen LogP) is 3.11. The summed E-state index contributed by atoms with van der Waals surface area (Å²) < 4.78 is 13.0. The van der Waals surface area contributed by atoms with Crippen molar-refractivity contribution in [3.63, 3.8) is 0 Å². The Balaban J connectivity index is 1.45. The Labute approximate surface area is 158 Å². The molecule has 7 heteroatoms. The van der Waals surface area contributed by atoms with Gasteiger partial charge in [0.1, 0.15) is 23.4 Å². The van der Waals surface area contributed by atoms with E-state index in [4.69, 9.17) is 14.6 Å². The Kier molecular flexibility index (Phi) is 4.59. The Bertz CT molecular complexity index is 943. The summed E-state index contributed by atoms with van der Waals surface area (Å²) >= 11 is 0. The minimum absolute atomic E-state index is 0.216. The lowest BCUT2D eigenvalue weighted by molar-refractivity contribution is 0.170. The van der Waals surface area contributed by atoms with E-state index in [1.54, 1.807) is 11.7 Å². The van der Waals surface area contributed by atoms with Crippen molar-refractivity contribution in [3.05, 3.63) is 41.2 Å². The molecule has 0 aliphatic carbocycles. The lowest BCUT2D eigenvalue weighted by Crippen LogP contribution is -2.39. The normalized spacial score (nSPS) is 15.3. The highest BCUT2D eigenvalue weighted by molar-refractivity contribution is 5.59. The molecule has 1 aliphatic heterocycles. The average molecular weight is 367 g/mol. The average Bonchev–Trinajstić information content (AvgIpc) is 3.07. The zero-order chi connectivity index (χ0) is 19.0. The maximum Gasteiger partial charge on any atom is 0.179 e. The number of aromatic nitrogens is 4. The topological polar surface area (TPSA) is 64.8 Å². The molecule has 1 saturated heterocycles. The molecule has 3 heterocycles. The van der Waals surface area contributed by atoms with Gasteiger partial charge in [-0.1, -0.05) is 0 Å². The summed E-state index contributed by atoms with van der Waals surface area (Å²) in [5.74, 6) is 3.47. The fourth-order valence-electron chi connectivity index (χ4n) is 3.54. The molecule has 1 aliphatic rings. The highest BCUT2D eigenvalue weighted by Gasteiger charge is 2.24. The predicted molar refractivity (Wildman–Crippen MR) is 104 cm³/mol. The van der Waals surface area contributed by atoms with E-state index in [2.05, 4.69) is 28.8 Å². The van der Waals surface area contributed by atoms with Gasteiger partial charge in [-0.2, -0.15) is 0 Å². The van der Waals surface area contributed by atoms with Gasteiger partial charge in [0.2, 0.25) is 0 Å². The van der Waals surface area contributed by atoms with Crippen LogP contribution < -0.4 is 14.4 Å². The maximum atomic E-state index is 6.14. The zero-order valence-corrected chi connectivity index (χ0v) is 16.3. The summed E-state index contributed by atoms with van der Waals surface area (Å²) in [5, 5.41) is 9.11. The van der Waals surface area contributed by atoms with E-state index in [0.29, 0.717) is 0 Å². The third-order valence-electron chi connectivity index (χ3n) is 5.22. The number of piperidine rings is 1. The molecule has 0 bridgehead atoms. The van der Waals surface area contributed by atoms with Crippen molar-refractivity contribution >= 4 is 11.5 Å². The van der Waals surface area contributed by atoms with Gasteiger partial charge in [0, 0.05) is 37.1 Å². The minimum atomic E-state index is 0.216. The van der Waals surface area contributed by atoms with Gasteiger partial charge in [0.15, 0.2) is 11.5 Å². The quantitative estimate of drug-likeness (QED) is 0.706. The van der Waals surface area contributed by atoms with E-state index in [9.17, 15) is 0 Å². The van der Waals surface area contributed by atoms with Gasteiger partial charge in [-0.25, -0.2) is 4.98 Å². The molecule has 142 valence electrons. The van der Waals surface area contributed by atoms with Crippen molar-refractivity contribution in [2.75, 3.05) is 25.1 Å². The van der Waals surface area contributed by atoms with Crippen LogP contribution in [0, 0.1) is 20.8 Å². The lowest BCUT2D eigenvalue weighted by atomic mass is 10.1. The fourth-order valence-corrected chi connectivity index (χ4v) is 3.54. The molecule has 0 amide bonds. The molecule has 0 saturated carbocycles.